The zero-order valence-electron chi connectivity index (χ0n) is 14.7. The number of hydrogen-bond acceptors (Lipinski definition) is 6. The summed E-state index contributed by atoms with van der Waals surface area (Å²) in [5.74, 6) is 0.0575. The Morgan fingerprint density at radius 3 is 2.56 bits per heavy atom. The topological polar surface area (TPSA) is 115 Å². The van der Waals surface area contributed by atoms with E-state index in [4.69, 9.17) is 10.2 Å². The molecule has 140 valence electrons. The molecule has 0 spiro atoms. The lowest BCUT2D eigenvalue weighted by Gasteiger charge is -2.11. The molecular weight excluding hydrogens is 366 g/mol. The number of carbonyl (C=O) groups excluding carboxylic acids is 1. The van der Waals surface area contributed by atoms with Crippen molar-refractivity contribution < 1.29 is 17.6 Å². The number of fused-ring (bicyclic) bond motifs is 1. The smallest absolute Gasteiger partial charge is 0.241 e. The summed E-state index contributed by atoms with van der Waals surface area (Å²) in [7, 11) is -3.15. The van der Waals surface area contributed by atoms with Crippen LogP contribution in [0.4, 0.5) is 5.69 Å². The number of halogens is 1. The van der Waals surface area contributed by atoms with Crippen molar-refractivity contribution in [3.05, 3.63) is 24.1 Å². The Bertz CT molecular complexity index is 856. The summed E-state index contributed by atoms with van der Waals surface area (Å²) < 4.78 is 28.0. The van der Waals surface area contributed by atoms with E-state index in [-0.39, 0.29) is 30.0 Å². The van der Waals surface area contributed by atoms with Gasteiger partial charge in [0, 0.05) is 17.4 Å². The van der Waals surface area contributed by atoms with E-state index < -0.39 is 21.8 Å². The SMILES string of the molecule is CC(C)(C)c1nc2cc(NC(=O)C(N)CCS(C)(=O)=O)ccc2o1.Cl. The van der Waals surface area contributed by atoms with Gasteiger partial charge in [-0.05, 0) is 24.6 Å². The summed E-state index contributed by atoms with van der Waals surface area (Å²) in [6, 6.07) is 4.24. The maximum Gasteiger partial charge on any atom is 0.241 e. The quantitative estimate of drug-likeness (QED) is 0.810. The molecule has 7 nitrogen and oxygen atoms in total. The third-order valence-electron chi connectivity index (χ3n) is 3.43. The summed E-state index contributed by atoms with van der Waals surface area (Å²) in [4.78, 5) is 16.5. The monoisotopic (exact) mass is 389 g/mol. The number of nitrogens with two attached hydrogens (primary N) is 1. The van der Waals surface area contributed by atoms with Crippen molar-refractivity contribution in [2.45, 2.75) is 38.6 Å². The van der Waals surface area contributed by atoms with Crippen LogP contribution in [-0.2, 0) is 20.0 Å². The fraction of sp³-hybridized carbons (Fsp3) is 0.500. The molecule has 25 heavy (non-hydrogen) atoms. The number of benzene rings is 1. The van der Waals surface area contributed by atoms with Crippen LogP contribution in [0.3, 0.4) is 0 Å². The highest BCUT2D eigenvalue weighted by Gasteiger charge is 2.21. The Morgan fingerprint density at radius 1 is 1.36 bits per heavy atom. The normalized spacial score (nSPS) is 13.3. The molecule has 0 aliphatic carbocycles. The van der Waals surface area contributed by atoms with E-state index in [0.717, 1.165) is 6.26 Å². The van der Waals surface area contributed by atoms with Gasteiger partial charge in [-0.2, -0.15) is 0 Å². The van der Waals surface area contributed by atoms with Crippen molar-refractivity contribution in [2.24, 2.45) is 5.73 Å². The standard InChI is InChI=1S/C16H23N3O4S.ClH/c1-16(2,3)15-19-12-9-10(5-6-13(12)23-15)18-14(20)11(17)7-8-24(4,21)22;/h5-6,9,11H,7-8,17H2,1-4H3,(H,18,20);1H. The molecule has 2 aromatic rings. The first-order valence-electron chi connectivity index (χ1n) is 7.61. The number of amides is 1. The second-order valence-electron chi connectivity index (χ2n) is 6.97. The minimum atomic E-state index is -3.15. The molecule has 0 bridgehead atoms. The molecule has 0 aliphatic heterocycles. The van der Waals surface area contributed by atoms with E-state index >= 15 is 0 Å². The summed E-state index contributed by atoms with van der Waals surface area (Å²) in [5.41, 5.74) is 7.34. The number of nitrogens with one attached hydrogen (secondary N) is 1. The molecule has 1 aromatic carbocycles. The first-order valence-corrected chi connectivity index (χ1v) is 9.67. The lowest BCUT2D eigenvalue weighted by Crippen LogP contribution is -2.37. The second-order valence-corrected chi connectivity index (χ2v) is 9.23. The van der Waals surface area contributed by atoms with Crippen molar-refractivity contribution in [3.8, 4) is 0 Å². The number of sulfone groups is 1. The van der Waals surface area contributed by atoms with Crippen LogP contribution < -0.4 is 11.1 Å². The lowest BCUT2D eigenvalue weighted by molar-refractivity contribution is -0.117. The highest BCUT2D eigenvalue weighted by Crippen LogP contribution is 2.27. The number of oxazole rings is 1. The largest absolute Gasteiger partial charge is 0.440 e. The molecule has 3 N–H and O–H groups in total. The van der Waals surface area contributed by atoms with Crippen LogP contribution in [0.5, 0.6) is 0 Å². The molecule has 1 amide bonds. The number of rotatable bonds is 5. The summed E-state index contributed by atoms with van der Waals surface area (Å²) in [5, 5.41) is 2.68. The van der Waals surface area contributed by atoms with Gasteiger partial charge in [-0.3, -0.25) is 4.79 Å². The molecule has 0 radical (unpaired) electrons. The first-order chi connectivity index (χ1) is 11.0. The predicted molar refractivity (Wildman–Crippen MR) is 101 cm³/mol. The predicted octanol–water partition coefficient (Wildman–Crippen LogP) is 2.25. The van der Waals surface area contributed by atoms with Gasteiger partial charge < -0.3 is 15.5 Å². The maximum atomic E-state index is 12.1. The van der Waals surface area contributed by atoms with Crippen molar-refractivity contribution in [3.63, 3.8) is 0 Å². The van der Waals surface area contributed by atoms with E-state index in [9.17, 15) is 13.2 Å². The first kappa shape index (κ1) is 21.4. The van der Waals surface area contributed by atoms with Gasteiger partial charge >= 0.3 is 0 Å². The van der Waals surface area contributed by atoms with Gasteiger partial charge in [0.25, 0.3) is 0 Å². The van der Waals surface area contributed by atoms with E-state index in [2.05, 4.69) is 10.3 Å². The van der Waals surface area contributed by atoms with Crippen LogP contribution in [0, 0.1) is 0 Å². The van der Waals surface area contributed by atoms with Gasteiger partial charge in [-0.15, -0.1) is 12.4 Å². The Hall–Kier alpha value is -1.64. The minimum Gasteiger partial charge on any atom is -0.440 e. The molecule has 1 aromatic heterocycles. The summed E-state index contributed by atoms with van der Waals surface area (Å²) >= 11 is 0. The molecule has 1 unspecified atom stereocenters. The van der Waals surface area contributed by atoms with E-state index in [0.29, 0.717) is 22.7 Å². The van der Waals surface area contributed by atoms with Gasteiger partial charge in [0.2, 0.25) is 11.8 Å². The van der Waals surface area contributed by atoms with Gasteiger partial charge in [0.05, 0.1) is 11.8 Å². The van der Waals surface area contributed by atoms with Crippen LogP contribution in [0.1, 0.15) is 33.1 Å². The molecule has 0 aliphatic rings. The summed E-state index contributed by atoms with van der Waals surface area (Å²) in [6.07, 6.45) is 1.19. The van der Waals surface area contributed by atoms with Crippen LogP contribution in [0.2, 0.25) is 0 Å². The summed E-state index contributed by atoms with van der Waals surface area (Å²) in [6.45, 7) is 6.00. The Labute approximate surface area is 153 Å². The number of anilines is 1. The zero-order valence-corrected chi connectivity index (χ0v) is 16.3. The van der Waals surface area contributed by atoms with Gasteiger partial charge in [-0.1, -0.05) is 20.8 Å². The lowest BCUT2D eigenvalue weighted by atomic mass is 9.97. The van der Waals surface area contributed by atoms with Crippen molar-refractivity contribution in [1.82, 2.24) is 4.98 Å². The average Bonchev–Trinajstić information content (AvgIpc) is 2.87. The third-order valence-corrected chi connectivity index (χ3v) is 4.41. The van der Waals surface area contributed by atoms with E-state index in [1.54, 1.807) is 18.2 Å². The molecule has 0 saturated carbocycles. The minimum absolute atomic E-state index is 0. The molecule has 0 fully saturated rings. The number of nitrogens with zero attached hydrogens (tertiary/aromatic N) is 1. The van der Waals surface area contributed by atoms with Gasteiger partial charge in [-0.25, -0.2) is 13.4 Å². The highest BCUT2D eigenvalue weighted by atomic mass is 35.5. The molecule has 1 atom stereocenters. The van der Waals surface area contributed by atoms with Crippen molar-refractivity contribution in [2.75, 3.05) is 17.3 Å². The van der Waals surface area contributed by atoms with Crippen molar-refractivity contribution >= 4 is 44.9 Å². The van der Waals surface area contributed by atoms with Crippen LogP contribution >= 0.6 is 12.4 Å². The van der Waals surface area contributed by atoms with Crippen molar-refractivity contribution in [1.29, 1.82) is 0 Å². The molecule has 0 saturated heterocycles. The fourth-order valence-corrected chi connectivity index (χ4v) is 2.72. The third kappa shape index (κ3) is 5.98. The molecule has 2 rings (SSSR count). The molecular formula is C16H24ClN3O4S. The Morgan fingerprint density at radius 2 is 2.00 bits per heavy atom. The van der Waals surface area contributed by atoms with Crippen LogP contribution in [-0.4, -0.2) is 37.4 Å². The van der Waals surface area contributed by atoms with Gasteiger partial charge in [0.15, 0.2) is 5.58 Å². The maximum absolute atomic E-state index is 12.1. The number of aromatic nitrogens is 1. The van der Waals surface area contributed by atoms with E-state index in [1.807, 2.05) is 20.8 Å². The van der Waals surface area contributed by atoms with Crippen LogP contribution in [0.15, 0.2) is 22.6 Å². The fourth-order valence-electron chi connectivity index (χ4n) is 2.03. The van der Waals surface area contributed by atoms with Gasteiger partial charge in [0.1, 0.15) is 15.4 Å². The molecule has 1 heterocycles. The zero-order chi connectivity index (χ0) is 18.1. The number of carbonyl (C=O) groups is 1. The Kier molecular flexibility index (Phi) is 6.61. The number of hydrogen-bond donors (Lipinski definition) is 2. The Balaban J connectivity index is 0.00000312. The molecule has 9 heteroatoms. The highest BCUT2D eigenvalue weighted by molar-refractivity contribution is 7.90. The average molecular weight is 390 g/mol. The van der Waals surface area contributed by atoms with Crippen LogP contribution in [0.25, 0.3) is 11.1 Å². The van der Waals surface area contributed by atoms with E-state index in [1.165, 1.54) is 0 Å². The second kappa shape index (κ2) is 7.72.